The zero-order chi connectivity index (χ0) is 36.3. The molecule has 0 aliphatic rings. The van der Waals surface area contributed by atoms with Gasteiger partial charge >= 0.3 is 0 Å². The molecule has 5 nitrogen and oxygen atoms in total. The predicted molar refractivity (Wildman–Crippen MR) is 226 cm³/mol. The van der Waals surface area contributed by atoms with Crippen molar-refractivity contribution >= 4 is 54.3 Å². The summed E-state index contributed by atoms with van der Waals surface area (Å²) in [4.78, 5) is 19.7. The highest BCUT2D eigenvalue weighted by Gasteiger charge is 2.22. The standard InChI is InChI=1S/C50H31N5/c1-2-14-36-33(13-1)29-41(38-16-4-3-15-37(36)38)49-48-40-18-6-8-22-47(40)55(50(48)39-17-5-7-19-42(39)54-49)35-25-23-32(24-26-35)34-30-45(43-20-9-11-27-51-43)53-46(31-34)44-21-10-12-28-52-44/h1-31H. The van der Waals surface area contributed by atoms with Crippen LogP contribution in [0.5, 0.6) is 0 Å². The summed E-state index contributed by atoms with van der Waals surface area (Å²) >= 11 is 0. The highest BCUT2D eigenvalue weighted by Crippen LogP contribution is 2.44. The van der Waals surface area contributed by atoms with Crippen LogP contribution in [0.1, 0.15) is 0 Å². The lowest BCUT2D eigenvalue weighted by Crippen LogP contribution is -1.97. The molecule has 0 amide bonds. The fraction of sp³-hybridized carbons (Fsp3) is 0. The molecule has 0 radical (unpaired) electrons. The maximum absolute atomic E-state index is 5.48. The second-order valence-corrected chi connectivity index (χ2v) is 13.8. The molecule has 55 heavy (non-hydrogen) atoms. The van der Waals surface area contributed by atoms with Gasteiger partial charge in [0.1, 0.15) is 0 Å². The number of pyridine rings is 4. The topological polar surface area (TPSA) is 56.5 Å². The lowest BCUT2D eigenvalue weighted by atomic mass is 9.93. The van der Waals surface area contributed by atoms with Gasteiger partial charge in [0, 0.05) is 39.8 Å². The van der Waals surface area contributed by atoms with E-state index in [1.807, 2.05) is 36.4 Å². The van der Waals surface area contributed by atoms with E-state index in [0.717, 1.165) is 78.2 Å². The monoisotopic (exact) mass is 701 g/mol. The van der Waals surface area contributed by atoms with Crippen LogP contribution in [0.4, 0.5) is 0 Å². The van der Waals surface area contributed by atoms with Gasteiger partial charge in [-0.25, -0.2) is 9.97 Å². The van der Waals surface area contributed by atoms with Gasteiger partial charge in [-0.1, -0.05) is 109 Å². The number of nitrogens with zero attached hydrogens (tertiary/aromatic N) is 5. The second-order valence-electron chi connectivity index (χ2n) is 13.8. The Morgan fingerprint density at radius 3 is 1.71 bits per heavy atom. The molecule has 0 aliphatic carbocycles. The Kier molecular flexibility index (Phi) is 7.10. The van der Waals surface area contributed by atoms with Gasteiger partial charge in [0.25, 0.3) is 0 Å². The Bertz CT molecular complexity index is 3180. The van der Waals surface area contributed by atoms with Crippen molar-refractivity contribution in [2.24, 2.45) is 0 Å². The number of rotatable bonds is 5. The van der Waals surface area contributed by atoms with Gasteiger partial charge in [0.15, 0.2) is 0 Å². The van der Waals surface area contributed by atoms with Crippen LogP contribution in [0.3, 0.4) is 0 Å². The van der Waals surface area contributed by atoms with Crippen molar-refractivity contribution in [1.29, 1.82) is 0 Å². The maximum atomic E-state index is 5.48. The van der Waals surface area contributed by atoms with Crippen molar-refractivity contribution in [3.05, 3.63) is 188 Å². The summed E-state index contributed by atoms with van der Waals surface area (Å²) in [6.07, 6.45) is 3.61. The average Bonchev–Trinajstić information content (AvgIpc) is 3.62. The van der Waals surface area contributed by atoms with Gasteiger partial charge in [-0.2, -0.15) is 0 Å². The molecule has 5 heteroatoms. The van der Waals surface area contributed by atoms with Crippen molar-refractivity contribution in [3.8, 4) is 50.8 Å². The summed E-state index contributed by atoms with van der Waals surface area (Å²) in [5, 5.41) is 8.29. The van der Waals surface area contributed by atoms with Gasteiger partial charge in [-0.05, 0) is 99.4 Å². The summed E-state index contributed by atoms with van der Waals surface area (Å²) < 4.78 is 2.41. The molecule has 5 heterocycles. The molecule has 256 valence electrons. The van der Waals surface area contributed by atoms with Crippen molar-refractivity contribution in [1.82, 2.24) is 24.5 Å². The summed E-state index contributed by atoms with van der Waals surface area (Å²) in [6.45, 7) is 0. The minimum atomic E-state index is 0.804. The molecule has 0 aliphatic heterocycles. The molecule has 0 bridgehead atoms. The van der Waals surface area contributed by atoms with Crippen LogP contribution < -0.4 is 0 Å². The quantitative estimate of drug-likeness (QED) is 0.168. The first-order valence-corrected chi connectivity index (χ1v) is 18.5. The van der Waals surface area contributed by atoms with Gasteiger partial charge in [-0.15, -0.1) is 0 Å². The van der Waals surface area contributed by atoms with Crippen LogP contribution in [-0.4, -0.2) is 24.5 Å². The van der Waals surface area contributed by atoms with E-state index < -0.39 is 0 Å². The lowest BCUT2D eigenvalue weighted by molar-refractivity contribution is 1.18. The zero-order valence-corrected chi connectivity index (χ0v) is 29.6. The normalized spacial score (nSPS) is 11.6. The van der Waals surface area contributed by atoms with Crippen LogP contribution >= 0.6 is 0 Å². The van der Waals surface area contributed by atoms with Gasteiger partial charge in [0.05, 0.1) is 45.0 Å². The van der Waals surface area contributed by atoms with E-state index in [4.69, 9.17) is 9.97 Å². The smallest absolute Gasteiger partial charge is 0.0900 e. The van der Waals surface area contributed by atoms with E-state index in [0.29, 0.717) is 0 Å². The fourth-order valence-corrected chi connectivity index (χ4v) is 8.19. The maximum Gasteiger partial charge on any atom is 0.0900 e. The van der Waals surface area contributed by atoms with Gasteiger partial charge in [-0.3, -0.25) is 9.97 Å². The van der Waals surface area contributed by atoms with Gasteiger partial charge < -0.3 is 4.57 Å². The molecule has 11 aromatic rings. The second kappa shape index (κ2) is 12.6. The van der Waals surface area contributed by atoms with E-state index in [9.17, 15) is 0 Å². The third kappa shape index (κ3) is 5.09. The minimum absolute atomic E-state index is 0.804. The van der Waals surface area contributed by atoms with Crippen LogP contribution in [0.25, 0.3) is 105 Å². The first kappa shape index (κ1) is 31.1. The van der Waals surface area contributed by atoms with Crippen molar-refractivity contribution < 1.29 is 0 Å². The molecule has 0 atom stereocenters. The van der Waals surface area contributed by atoms with Gasteiger partial charge in [0.2, 0.25) is 0 Å². The molecule has 0 N–H and O–H groups in total. The molecule has 0 spiro atoms. The molecular formula is C50H31N5. The zero-order valence-electron chi connectivity index (χ0n) is 29.6. The fourth-order valence-electron chi connectivity index (χ4n) is 8.19. The van der Waals surface area contributed by atoms with E-state index in [-0.39, 0.29) is 0 Å². The summed E-state index contributed by atoms with van der Waals surface area (Å²) in [5.74, 6) is 0. The Balaban J connectivity index is 1.15. The largest absolute Gasteiger partial charge is 0.308 e. The first-order valence-electron chi connectivity index (χ1n) is 18.5. The first-order chi connectivity index (χ1) is 27.3. The molecule has 0 saturated carbocycles. The van der Waals surface area contributed by atoms with Crippen molar-refractivity contribution in [3.63, 3.8) is 0 Å². The number of hydrogen-bond acceptors (Lipinski definition) is 4. The number of hydrogen-bond donors (Lipinski definition) is 0. The Morgan fingerprint density at radius 1 is 0.400 bits per heavy atom. The molecule has 0 fully saturated rings. The number of benzene rings is 6. The molecule has 6 aromatic carbocycles. The molecule has 11 rings (SSSR count). The van der Waals surface area contributed by atoms with E-state index >= 15 is 0 Å². The Hall–Kier alpha value is -7.50. The molecule has 0 unspecified atom stereocenters. The summed E-state index contributed by atoms with van der Waals surface area (Å²) in [7, 11) is 0. The predicted octanol–water partition coefficient (Wildman–Crippen LogP) is 12.5. The molecular weight excluding hydrogens is 671 g/mol. The molecule has 5 aromatic heterocycles. The summed E-state index contributed by atoms with van der Waals surface area (Å²) in [6, 6.07) is 61.8. The Morgan fingerprint density at radius 2 is 1.00 bits per heavy atom. The average molecular weight is 702 g/mol. The SMILES string of the molecule is c1ccc(-c2cc(-c3ccc(-n4c5ccccc5c5c(-c6cc7ccccc7c7ccccc67)nc6ccccc6c54)cc3)cc(-c3ccccn3)n2)nc1. The van der Waals surface area contributed by atoms with Crippen molar-refractivity contribution in [2.75, 3.05) is 0 Å². The van der Waals surface area contributed by atoms with Crippen LogP contribution in [0.15, 0.2) is 188 Å². The molecule has 0 saturated heterocycles. The summed E-state index contributed by atoms with van der Waals surface area (Å²) in [5.41, 5.74) is 11.8. The van der Waals surface area contributed by atoms with E-state index in [2.05, 4.69) is 154 Å². The van der Waals surface area contributed by atoms with Crippen LogP contribution in [0.2, 0.25) is 0 Å². The third-order valence-corrected chi connectivity index (χ3v) is 10.7. The van der Waals surface area contributed by atoms with E-state index in [1.54, 1.807) is 12.4 Å². The number of aromatic nitrogens is 5. The number of para-hydroxylation sites is 2. The third-order valence-electron chi connectivity index (χ3n) is 10.7. The van der Waals surface area contributed by atoms with Crippen LogP contribution in [-0.2, 0) is 0 Å². The lowest BCUT2D eigenvalue weighted by Gasteiger charge is -2.15. The minimum Gasteiger partial charge on any atom is -0.308 e. The van der Waals surface area contributed by atoms with E-state index in [1.165, 1.54) is 26.9 Å². The van der Waals surface area contributed by atoms with Crippen molar-refractivity contribution in [2.45, 2.75) is 0 Å². The highest BCUT2D eigenvalue weighted by molar-refractivity contribution is 6.25. The highest BCUT2D eigenvalue weighted by atomic mass is 15.0. The van der Waals surface area contributed by atoms with Crippen LogP contribution in [0, 0.1) is 0 Å². The number of fused-ring (bicyclic) bond motifs is 8. The Labute approximate surface area is 316 Å².